The molecule has 5 nitrogen and oxygen atoms in total. The first kappa shape index (κ1) is 14.3. The molecule has 1 unspecified atom stereocenters. The average molecular weight is 261 g/mol. The van der Waals surface area contributed by atoms with Crippen molar-refractivity contribution in [3.8, 4) is 0 Å². The van der Waals surface area contributed by atoms with Gasteiger partial charge in [-0.25, -0.2) is 0 Å². The molecule has 1 aliphatic rings. The Labute approximate surface area is 105 Å². The summed E-state index contributed by atoms with van der Waals surface area (Å²) in [5, 5.41) is 11.7. The van der Waals surface area contributed by atoms with Gasteiger partial charge < -0.3 is 15.2 Å². The van der Waals surface area contributed by atoms with Crippen LogP contribution in [0.25, 0.3) is 0 Å². The van der Waals surface area contributed by atoms with Gasteiger partial charge in [-0.05, 0) is 24.9 Å². The van der Waals surface area contributed by atoms with Gasteiger partial charge in [0.25, 0.3) is 0 Å². The summed E-state index contributed by atoms with van der Waals surface area (Å²) in [7, 11) is 0. The number of hydrogen-bond donors (Lipinski definition) is 2. The maximum atomic E-state index is 11.7. The van der Waals surface area contributed by atoms with E-state index in [1.54, 1.807) is 11.8 Å². The Balaban J connectivity index is 2.43. The van der Waals surface area contributed by atoms with Crippen LogP contribution in [0.3, 0.4) is 0 Å². The summed E-state index contributed by atoms with van der Waals surface area (Å²) < 4.78 is 5.21. The lowest BCUT2D eigenvalue weighted by Crippen LogP contribution is -2.50. The Morgan fingerprint density at radius 2 is 2.29 bits per heavy atom. The average Bonchev–Trinajstić information content (AvgIpc) is 2.65. The van der Waals surface area contributed by atoms with E-state index < -0.39 is 11.5 Å². The van der Waals surface area contributed by atoms with Gasteiger partial charge in [0.2, 0.25) is 5.91 Å². The van der Waals surface area contributed by atoms with Crippen molar-refractivity contribution in [1.82, 2.24) is 5.32 Å². The number of aliphatic carboxylic acids is 1. The topological polar surface area (TPSA) is 75.6 Å². The third kappa shape index (κ3) is 4.95. The van der Waals surface area contributed by atoms with E-state index in [1.807, 2.05) is 6.26 Å². The zero-order valence-corrected chi connectivity index (χ0v) is 10.8. The Kier molecular flexibility index (Phi) is 5.77. The van der Waals surface area contributed by atoms with Crippen LogP contribution in [0.5, 0.6) is 0 Å². The number of rotatable bonds is 7. The summed E-state index contributed by atoms with van der Waals surface area (Å²) in [6.07, 6.45) is 3.77. The quantitative estimate of drug-likeness (QED) is 0.665. The third-order valence-corrected chi connectivity index (χ3v) is 3.45. The van der Waals surface area contributed by atoms with E-state index in [-0.39, 0.29) is 12.3 Å². The Morgan fingerprint density at radius 1 is 1.53 bits per heavy atom. The predicted octanol–water partition coefficient (Wildman–Crippen LogP) is 0.880. The van der Waals surface area contributed by atoms with Crippen LogP contribution >= 0.6 is 11.8 Å². The second-order valence-electron chi connectivity index (χ2n) is 4.30. The zero-order valence-electron chi connectivity index (χ0n) is 10.0. The highest BCUT2D eigenvalue weighted by molar-refractivity contribution is 7.98. The second kappa shape index (κ2) is 6.86. The third-order valence-electron chi connectivity index (χ3n) is 2.75. The fourth-order valence-electron chi connectivity index (χ4n) is 1.91. The largest absolute Gasteiger partial charge is 0.481 e. The summed E-state index contributed by atoms with van der Waals surface area (Å²) in [5.74, 6) is -0.0405. The van der Waals surface area contributed by atoms with E-state index in [1.165, 1.54) is 0 Å². The van der Waals surface area contributed by atoms with Crippen LogP contribution in [0, 0.1) is 0 Å². The van der Waals surface area contributed by atoms with Crippen molar-refractivity contribution < 1.29 is 19.4 Å². The minimum atomic E-state index is -0.903. The molecule has 1 rings (SSSR count). The maximum absolute atomic E-state index is 11.7. The van der Waals surface area contributed by atoms with Crippen molar-refractivity contribution in [1.29, 1.82) is 0 Å². The molecule has 1 saturated heterocycles. The molecule has 0 bridgehead atoms. The van der Waals surface area contributed by atoms with Crippen LogP contribution in [-0.2, 0) is 14.3 Å². The molecule has 1 amide bonds. The fraction of sp³-hybridized carbons (Fsp3) is 0.818. The number of carboxylic acids is 1. The van der Waals surface area contributed by atoms with E-state index in [0.717, 1.165) is 12.2 Å². The molecule has 1 fully saturated rings. The number of thioether (sulfide) groups is 1. The first-order valence-electron chi connectivity index (χ1n) is 5.67. The predicted molar refractivity (Wildman–Crippen MR) is 66.2 cm³/mol. The summed E-state index contributed by atoms with van der Waals surface area (Å²) in [6, 6.07) is 0. The number of carbonyl (C=O) groups excluding carboxylic acids is 1. The van der Waals surface area contributed by atoms with Crippen molar-refractivity contribution in [2.45, 2.75) is 31.2 Å². The molecule has 17 heavy (non-hydrogen) atoms. The Bertz CT molecular complexity index is 277. The standard InChI is InChI=1S/C11H19NO4S/c1-17-6-2-3-9(13)12-11(7-10(14)15)4-5-16-8-11/h2-8H2,1H3,(H,12,13)(H,14,15). The van der Waals surface area contributed by atoms with Crippen LogP contribution in [0.1, 0.15) is 25.7 Å². The van der Waals surface area contributed by atoms with Crippen molar-refractivity contribution >= 4 is 23.6 Å². The highest BCUT2D eigenvalue weighted by Crippen LogP contribution is 2.23. The van der Waals surface area contributed by atoms with E-state index in [2.05, 4.69) is 5.32 Å². The summed E-state index contributed by atoms with van der Waals surface area (Å²) in [5.41, 5.74) is -0.692. The number of nitrogens with one attached hydrogen (secondary N) is 1. The molecule has 0 radical (unpaired) electrons. The number of ether oxygens (including phenoxy) is 1. The van der Waals surface area contributed by atoms with Gasteiger partial charge >= 0.3 is 5.97 Å². The SMILES string of the molecule is CSCCCC(=O)NC1(CC(=O)O)CCOC1. The molecule has 0 spiro atoms. The van der Waals surface area contributed by atoms with Crippen molar-refractivity contribution in [2.75, 3.05) is 25.2 Å². The lowest BCUT2D eigenvalue weighted by molar-refractivity contribution is -0.139. The molecule has 6 heteroatoms. The smallest absolute Gasteiger partial charge is 0.305 e. The molecule has 2 N–H and O–H groups in total. The van der Waals surface area contributed by atoms with Gasteiger partial charge in [0.05, 0.1) is 18.6 Å². The van der Waals surface area contributed by atoms with Gasteiger partial charge in [-0.3, -0.25) is 9.59 Å². The van der Waals surface area contributed by atoms with Gasteiger partial charge in [-0.2, -0.15) is 11.8 Å². The van der Waals surface area contributed by atoms with Gasteiger partial charge in [0.1, 0.15) is 0 Å². The van der Waals surface area contributed by atoms with Gasteiger partial charge in [0.15, 0.2) is 0 Å². The molecule has 0 saturated carbocycles. The summed E-state index contributed by atoms with van der Waals surface area (Å²) >= 11 is 1.70. The number of carboxylic acid groups (broad SMARTS) is 1. The molecule has 1 aliphatic heterocycles. The molecule has 0 aliphatic carbocycles. The first-order valence-corrected chi connectivity index (χ1v) is 7.07. The van der Waals surface area contributed by atoms with Crippen molar-refractivity contribution in [2.24, 2.45) is 0 Å². The van der Waals surface area contributed by atoms with Crippen LogP contribution in [-0.4, -0.2) is 47.7 Å². The van der Waals surface area contributed by atoms with E-state index in [9.17, 15) is 9.59 Å². The van der Waals surface area contributed by atoms with Crippen LogP contribution in [0.4, 0.5) is 0 Å². The van der Waals surface area contributed by atoms with Crippen molar-refractivity contribution in [3.05, 3.63) is 0 Å². The van der Waals surface area contributed by atoms with E-state index in [4.69, 9.17) is 9.84 Å². The molecule has 1 atom stereocenters. The van der Waals surface area contributed by atoms with Gasteiger partial charge in [-0.15, -0.1) is 0 Å². The number of hydrogen-bond acceptors (Lipinski definition) is 4. The van der Waals surface area contributed by atoms with Crippen LogP contribution in [0.15, 0.2) is 0 Å². The van der Waals surface area contributed by atoms with Crippen molar-refractivity contribution in [3.63, 3.8) is 0 Å². The molecule has 0 aromatic heterocycles. The fourth-order valence-corrected chi connectivity index (χ4v) is 2.35. The zero-order chi connectivity index (χ0) is 12.7. The lowest BCUT2D eigenvalue weighted by atomic mass is 9.94. The molecule has 98 valence electrons. The summed E-state index contributed by atoms with van der Waals surface area (Å²) in [4.78, 5) is 22.5. The minimum Gasteiger partial charge on any atom is -0.481 e. The van der Waals surface area contributed by atoms with E-state index in [0.29, 0.717) is 26.1 Å². The Morgan fingerprint density at radius 3 is 2.82 bits per heavy atom. The number of amides is 1. The normalized spacial score (nSPS) is 23.6. The van der Waals surface area contributed by atoms with Crippen LogP contribution in [0.2, 0.25) is 0 Å². The Hall–Kier alpha value is -0.750. The molecular formula is C11H19NO4S. The number of carbonyl (C=O) groups is 2. The van der Waals surface area contributed by atoms with Gasteiger partial charge in [0, 0.05) is 13.0 Å². The van der Waals surface area contributed by atoms with E-state index >= 15 is 0 Å². The molecular weight excluding hydrogens is 242 g/mol. The molecule has 0 aromatic rings. The highest BCUT2D eigenvalue weighted by atomic mass is 32.2. The molecule has 0 aromatic carbocycles. The molecule has 1 heterocycles. The monoisotopic (exact) mass is 261 g/mol. The maximum Gasteiger partial charge on any atom is 0.305 e. The van der Waals surface area contributed by atoms with Gasteiger partial charge in [-0.1, -0.05) is 0 Å². The second-order valence-corrected chi connectivity index (χ2v) is 5.28. The highest BCUT2D eigenvalue weighted by Gasteiger charge is 2.38. The summed E-state index contributed by atoms with van der Waals surface area (Å²) in [6.45, 7) is 0.811. The first-order chi connectivity index (χ1) is 8.08. The van der Waals surface area contributed by atoms with Crippen LogP contribution < -0.4 is 5.32 Å². The lowest BCUT2D eigenvalue weighted by Gasteiger charge is -2.27. The minimum absolute atomic E-state index is 0.0682.